The molecular weight excluding hydrogens is 182 g/mol. The van der Waals surface area contributed by atoms with E-state index in [4.69, 9.17) is 5.41 Å². The second-order valence-electron chi connectivity index (χ2n) is 3.72. The summed E-state index contributed by atoms with van der Waals surface area (Å²) in [6.07, 6.45) is 9.60. The van der Waals surface area contributed by atoms with E-state index in [2.05, 4.69) is 18.2 Å². The second kappa shape index (κ2) is 4.74. The van der Waals surface area contributed by atoms with Crippen molar-refractivity contribution in [2.24, 2.45) is 0 Å². The Morgan fingerprint density at radius 1 is 1.00 bits per heavy atom. The third kappa shape index (κ3) is 2.44. The van der Waals surface area contributed by atoms with Crippen molar-refractivity contribution in [1.82, 2.24) is 0 Å². The molecule has 0 radical (unpaired) electrons. The Bertz CT molecular complexity index is 399. The van der Waals surface area contributed by atoms with Gasteiger partial charge in [0.05, 0.1) is 5.71 Å². The Kier molecular flexibility index (Phi) is 3.13. The summed E-state index contributed by atoms with van der Waals surface area (Å²) in [6, 6.07) is 9.95. The standard InChI is InChI=1S/C14H15N/c15-14(13-10-6-3-7-11-13)12-8-4-1-2-5-9-12/h1,3-4,6-7,9-11,15H,2,5,8H2. The van der Waals surface area contributed by atoms with E-state index >= 15 is 0 Å². The zero-order valence-corrected chi connectivity index (χ0v) is 8.74. The van der Waals surface area contributed by atoms with Crippen LogP contribution >= 0.6 is 0 Å². The minimum atomic E-state index is 0.669. The van der Waals surface area contributed by atoms with Crippen molar-refractivity contribution in [2.75, 3.05) is 0 Å². The Labute approximate surface area is 90.7 Å². The molecule has 0 aliphatic heterocycles. The number of nitrogens with one attached hydrogen (secondary N) is 1. The van der Waals surface area contributed by atoms with Gasteiger partial charge in [-0.25, -0.2) is 0 Å². The van der Waals surface area contributed by atoms with Crippen LogP contribution in [0.5, 0.6) is 0 Å². The Morgan fingerprint density at radius 3 is 2.60 bits per heavy atom. The summed E-state index contributed by atoms with van der Waals surface area (Å²) >= 11 is 0. The number of hydrogen-bond acceptors (Lipinski definition) is 1. The molecule has 0 spiro atoms. The highest BCUT2D eigenvalue weighted by Gasteiger charge is 2.06. The highest BCUT2D eigenvalue weighted by molar-refractivity contribution is 6.10. The molecule has 15 heavy (non-hydrogen) atoms. The molecule has 1 aromatic rings. The largest absolute Gasteiger partial charge is 0.300 e. The fourth-order valence-corrected chi connectivity index (χ4v) is 1.76. The van der Waals surface area contributed by atoms with Gasteiger partial charge in [-0.15, -0.1) is 0 Å². The van der Waals surface area contributed by atoms with Crippen molar-refractivity contribution in [3.8, 4) is 0 Å². The molecule has 0 saturated heterocycles. The Hall–Kier alpha value is -1.63. The van der Waals surface area contributed by atoms with Gasteiger partial charge in [-0.05, 0) is 30.4 Å². The van der Waals surface area contributed by atoms with Crippen molar-refractivity contribution in [3.63, 3.8) is 0 Å². The molecule has 1 aromatic carbocycles. The average molecular weight is 197 g/mol. The highest BCUT2D eigenvalue weighted by Crippen LogP contribution is 2.16. The van der Waals surface area contributed by atoms with Crippen LogP contribution in [-0.2, 0) is 0 Å². The molecule has 1 nitrogen and oxygen atoms in total. The van der Waals surface area contributed by atoms with Gasteiger partial charge in [-0.1, -0.05) is 48.6 Å². The smallest absolute Gasteiger partial charge is 0.0644 e. The molecule has 1 N–H and O–H groups in total. The second-order valence-corrected chi connectivity index (χ2v) is 3.72. The minimum absolute atomic E-state index is 0.669. The summed E-state index contributed by atoms with van der Waals surface area (Å²) in [5.41, 5.74) is 2.83. The molecule has 76 valence electrons. The zero-order chi connectivity index (χ0) is 10.5. The molecule has 1 heteroatoms. The summed E-state index contributed by atoms with van der Waals surface area (Å²) in [4.78, 5) is 0. The molecule has 0 atom stereocenters. The van der Waals surface area contributed by atoms with Crippen molar-refractivity contribution >= 4 is 5.71 Å². The van der Waals surface area contributed by atoms with Crippen LogP contribution in [0.25, 0.3) is 0 Å². The van der Waals surface area contributed by atoms with Crippen molar-refractivity contribution in [2.45, 2.75) is 19.3 Å². The van der Waals surface area contributed by atoms with E-state index < -0.39 is 0 Å². The van der Waals surface area contributed by atoms with E-state index in [0.717, 1.165) is 30.4 Å². The van der Waals surface area contributed by atoms with Crippen molar-refractivity contribution < 1.29 is 0 Å². The van der Waals surface area contributed by atoms with Crippen LogP contribution in [0.1, 0.15) is 24.8 Å². The maximum atomic E-state index is 8.12. The minimum Gasteiger partial charge on any atom is -0.300 e. The highest BCUT2D eigenvalue weighted by atomic mass is 14.4. The summed E-state index contributed by atoms with van der Waals surface area (Å²) in [6.45, 7) is 0. The van der Waals surface area contributed by atoms with E-state index in [-0.39, 0.29) is 0 Å². The van der Waals surface area contributed by atoms with E-state index in [0.29, 0.717) is 5.71 Å². The number of benzene rings is 1. The molecule has 0 heterocycles. The quantitative estimate of drug-likeness (QED) is 0.552. The van der Waals surface area contributed by atoms with Crippen molar-refractivity contribution in [3.05, 3.63) is 59.7 Å². The molecule has 2 rings (SSSR count). The van der Waals surface area contributed by atoms with Gasteiger partial charge in [0.1, 0.15) is 0 Å². The normalized spacial score (nSPS) is 15.6. The van der Waals surface area contributed by atoms with Crippen LogP contribution < -0.4 is 0 Å². The monoisotopic (exact) mass is 197 g/mol. The van der Waals surface area contributed by atoms with Gasteiger partial charge in [-0.2, -0.15) is 0 Å². The van der Waals surface area contributed by atoms with E-state index in [9.17, 15) is 0 Å². The fraction of sp³-hybridized carbons (Fsp3) is 0.214. The van der Waals surface area contributed by atoms with Crippen LogP contribution in [0, 0.1) is 5.41 Å². The first-order valence-corrected chi connectivity index (χ1v) is 5.36. The average Bonchev–Trinajstić information content (AvgIpc) is 2.58. The van der Waals surface area contributed by atoms with Crippen LogP contribution in [0.15, 0.2) is 54.1 Å². The fourth-order valence-electron chi connectivity index (χ4n) is 1.76. The third-order valence-electron chi connectivity index (χ3n) is 2.61. The van der Waals surface area contributed by atoms with E-state index in [1.807, 2.05) is 30.3 Å². The SMILES string of the molecule is N=C(C1=CCCC=CC1)c1ccccc1. The van der Waals surface area contributed by atoms with Gasteiger partial charge >= 0.3 is 0 Å². The molecular formula is C14H15N. The first-order chi connectivity index (χ1) is 7.38. The first kappa shape index (κ1) is 9.91. The molecule has 0 fully saturated rings. The predicted molar refractivity (Wildman–Crippen MR) is 64.3 cm³/mol. The lowest BCUT2D eigenvalue weighted by molar-refractivity contribution is 1.06. The van der Waals surface area contributed by atoms with Gasteiger partial charge in [-0.3, -0.25) is 5.41 Å². The van der Waals surface area contributed by atoms with Gasteiger partial charge in [0, 0.05) is 0 Å². The van der Waals surface area contributed by atoms with Gasteiger partial charge in [0.25, 0.3) is 0 Å². The molecule has 0 amide bonds. The topological polar surface area (TPSA) is 23.9 Å². The van der Waals surface area contributed by atoms with Gasteiger partial charge in [0.2, 0.25) is 0 Å². The van der Waals surface area contributed by atoms with E-state index in [1.165, 1.54) is 0 Å². The maximum absolute atomic E-state index is 8.12. The molecule has 1 aliphatic carbocycles. The van der Waals surface area contributed by atoms with Crippen LogP contribution in [0.4, 0.5) is 0 Å². The maximum Gasteiger partial charge on any atom is 0.0644 e. The lowest BCUT2D eigenvalue weighted by Crippen LogP contribution is -2.02. The number of rotatable bonds is 2. The summed E-state index contributed by atoms with van der Waals surface area (Å²) in [5, 5.41) is 8.12. The molecule has 0 aromatic heterocycles. The molecule has 0 saturated carbocycles. The van der Waals surface area contributed by atoms with Crippen LogP contribution in [0.3, 0.4) is 0 Å². The summed E-state index contributed by atoms with van der Waals surface area (Å²) < 4.78 is 0. The Morgan fingerprint density at radius 2 is 1.80 bits per heavy atom. The Balaban J connectivity index is 2.21. The predicted octanol–water partition coefficient (Wildman–Crippen LogP) is 3.72. The zero-order valence-electron chi connectivity index (χ0n) is 8.74. The van der Waals surface area contributed by atoms with Crippen LogP contribution in [0.2, 0.25) is 0 Å². The van der Waals surface area contributed by atoms with Gasteiger partial charge in [0.15, 0.2) is 0 Å². The molecule has 1 aliphatic rings. The van der Waals surface area contributed by atoms with Crippen molar-refractivity contribution in [1.29, 1.82) is 5.41 Å². The lowest BCUT2D eigenvalue weighted by atomic mass is 10.00. The van der Waals surface area contributed by atoms with E-state index in [1.54, 1.807) is 0 Å². The third-order valence-corrected chi connectivity index (χ3v) is 2.61. The summed E-state index contributed by atoms with van der Waals surface area (Å²) in [7, 11) is 0. The lowest BCUT2D eigenvalue weighted by Gasteiger charge is -2.06. The first-order valence-electron chi connectivity index (χ1n) is 5.36. The number of allylic oxidation sites excluding steroid dienone is 4. The van der Waals surface area contributed by atoms with Gasteiger partial charge < -0.3 is 0 Å². The molecule has 0 unspecified atom stereocenters. The molecule has 0 bridgehead atoms. The van der Waals surface area contributed by atoms with Crippen LogP contribution in [-0.4, -0.2) is 5.71 Å². The number of hydrogen-bond donors (Lipinski definition) is 1. The summed E-state index contributed by atoms with van der Waals surface area (Å²) in [5.74, 6) is 0.